The molecule has 0 aromatic heterocycles. The largest absolute Gasteiger partial charge is 0.480 e. The highest BCUT2D eigenvalue weighted by molar-refractivity contribution is 7.89. The van der Waals surface area contributed by atoms with Gasteiger partial charge in [-0.2, -0.15) is 4.31 Å². The Kier molecular flexibility index (Phi) is 5.86. The minimum absolute atomic E-state index is 0.0194. The summed E-state index contributed by atoms with van der Waals surface area (Å²) in [7, 11) is -1.99. The van der Waals surface area contributed by atoms with E-state index in [9.17, 15) is 23.1 Å². The number of hydrogen-bond acceptors (Lipinski definition) is 4. The first-order valence-electron chi connectivity index (χ1n) is 9.44. The highest BCUT2D eigenvalue weighted by atomic mass is 32.2. The van der Waals surface area contributed by atoms with Crippen LogP contribution in [-0.4, -0.2) is 60.3 Å². The number of sulfonamides is 1. The summed E-state index contributed by atoms with van der Waals surface area (Å²) in [4.78, 5) is 25.4. The molecule has 27 heavy (non-hydrogen) atoms. The van der Waals surface area contributed by atoms with E-state index >= 15 is 0 Å². The van der Waals surface area contributed by atoms with Crippen molar-refractivity contribution in [1.82, 2.24) is 9.21 Å². The molecule has 0 bridgehead atoms. The third-order valence-electron chi connectivity index (χ3n) is 5.67. The van der Waals surface area contributed by atoms with Gasteiger partial charge in [0.15, 0.2) is 0 Å². The number of amides is 1. The van der Waals surface area contributed by atoms with Crippen LogP contribution in [0.4, 0.5) is 0 Å². The van der Waals surface area contributed by atoms with Crippen molar-refractivity contribution in [2.24, 2.45) is 0 Å². The van der Waals surface area contributed by atoms with Gasteiger partial charge < -0.3 is 10.0 Å². The van der Waals surface area contributed by atoms with Crippen molar-refractivity contribution in [2.45, 2.75) is 61.9 Å². The number of carbonyl (C=O) groups is 2. The number of nitrogens with zero attached hydrogens (tertiary/aromatic N) is 2. The Morgan fingerprint density at radius 1 is 1.04 bits per heavy atom. The maximum Gasteiger partial charge on any atom is 0.326 e. The highest BCUT2D eigenvalue weighted by Gasteiger charge is 2.35. The molecule has 0 spiro atoms. The van der Waals surface area contributed by atoms with Gasteiger partial charge in [0.05, 0.1) is 4.90 Å². The van der Waals surface area contributed by atoms with Crippen molar-refractivity contribution in [1.29, 1.82) is 0 Å². The van der Waals surface area contributed by atoms with E-state index in [1.807, 2.05) is 0 Å². The monoisotopic (exact) mass is 394 g/mol. The number of benzene rings is 1. The van der Waals surface area contributed by atoms with E-state index in [0.717, 1.165) is 32.1 Å². The van der Waals surface area contributed by atoms with Gasteiger partial charge in [-0.05, 0) is 49.9 Å². The van der Waals surface area contributed by atoms with Crippen molar-refractivity contribution in [2.75, 3.05) is 13.6 Å². The quantitative estimate of drug-likeness (QED) is 0.827. The minimum atomic E-state index is -3.61. The maximum atomic E-state index is 12.9. The van der Waals surface area contributed by atoms with Gasteiger partial charge >= 0.3 is 5.97 Å². The predicted molar refractivity (Wildman–Crippen MR) is 100.0 cm³/mol. The highest BCUT2D eigenvalue weighted by Crippen LogP contribution is 2.27. The van der Waals surface area contributed by atoms with Crippen molar-refractivity contribution in [3.63, 3.8) is 0 Å². The Morgan fingerprint density at radius 3 is 2.26 bits per heavy atom. The molecule has 3 rings (SSSR count). The van der Waals surface area contributed by atoms with Crippen LogP contribution in [0.25, 0.3) is 0 Å². The summed E-state index contributed by atoms with van der Waals surface area (Å²) in [6.45, 7) is 0.403. The van der Waals surface area contributed by atoms with Gasteiger partial charge in [-0.1, -0.05) is 19.3 Å². The molecule has 0 radical (unpaired) electrons. The second-order valence-electron chi connectivity index (χ2n) is 7.33. The lowest BCUT2D eigenvalue weighted by Crippen LogP contribution is -2.40. The van der Waals surface area contributed by atoms with E-state index in [4.69, 9.17) is 0 Å². The van der Waals surface area contributed by atoms with Crippen LogP contribution in [0.5, 0.6) is 0 Å². The molecule has 8 heteroatoms. The number of aliphatic carboxylic acids is 1. The third kappa shape index (κ3) is 4.01. The summed E-state index contributed by atoms with van der Waals surface area (Å²) in [5.41, 5.74) is 0.308. The summed E-state index contributed by atoms with van der Waals surface area (Å²) < 4.78 is 27.2. The van der Waals surface area contributed by atoms with E-state index in [2.05, 4.69) is 0 Å². The second kappa shape index (κ2) is 7.98. The maximum absolute atomic E-state index is 12.9. The standard InChI is InChI=1S/C19H26N2O5S/c1-20(15-6-3-2-4-7-15)27(25,26)16-11-9-14(10-12-16)18(22)21-13-5-8-17(21)19(23)24/h9-12,15,17H,2-8,13H2,1H3,(H,23,24)/t17-/m0/s1. The van der Waals surface area contributed by atoms with Crippen LogP contribution < -0.4 is 0 Å². The average molecular weight is 394 g/mol. The van der Waals surface area contributed by atoms with Crippen LogP contribution in [0.2, 0.25) is 0 Å². The molecular formula is C19H26N2O5S. The number of carboxylic acid groups (broad SMARTS) is 1. The first-order valence-corrected chi connectivity index (χ1v) is 10.9. The fourth-order valence-corrected chi connectivity index (χ4v) is 5.42. The first kappa shape index (κ1) is 19.8. The molecule has 0 unspecified atom stereocenters. The number of carboxylic acids is 1. The fourth-order valence-electron chi connectivity index (χ4n) is 4.01. The molecule has 1 heterocycles. The Bertz CT molecular complexity index is 800. The topological polar surface area (TPSA) is 95.0 Å². The Balaban J connectivity index is 1.76. The SMILES string of the molecule is CN(C1CCCCC1)S(=O)(=O)c1ccc(C(=O)N2CCC[C@H]2C(=O)O)cc1. The number of carbonyl (C=O) groups excluding carboxylic acids is 1. The molecule has 1 saturated carbocycles. The van der Waals surface area contributed by atoms with E-state index in [0.29, 0.717) is 24.9 Å². The lowest BCUT2D eigenvalue weighted by Gasteiger charge is -2.30. The molecule has 1 aliphatic heterocycles. The lowest BCUT2D eigenvalue weighted by atomic mass is 9.96. The average Bonchev–Trinajstić information content (AvgIpc) is 3.18. The normalized spacial score (nSPS) is 21.6. The Morgan fingerprint density at radius 2 is 1.67 bits per heavy atom. The van der Waals surface area contributed by atoms with Gasteiger partial charge in [-0.15, -0.1) is 0 Å². The molecule has 1 aliphatic carbocycles. The number of rotatable bonds is 5. The zero-order valence-electron chi connectivity index (χ0n) is 15.5. The molecule has 7 nitrogen and oxygen atoms in total. The molecule has 1 amide bonds. The van der Waals surface area contributed by atoms with E-state index in [1.165, 1.54) is 33.5 Å². The van der Waals surface area contributed by atoms with Crippen LogP contribution in [0.3, 0.4) is 0 Å². The summed E-state index contributed by atoms with van der Waals surface area (Å²) in [6.07, 6.45) is 6.07. The van der Waals surface area contributed by atoms with Gasteiger partial charge in [0.25, 0.3) is 5.91 Å². The van der Waals surface area contributed by atoms with Crippen molar-refractivity contribution in [3.8, 4) is 0 Å². The van der Waals surface area contributed by atoms with E-state index < -0.39 is 22.0 Å². The molecule has 1 atom stereocenters. The Hall–Kier alpha value is -1.93. The van der Waals surface area contributed by atoms with Gasteiger partial charge in [-0.25, -0.2) is 13.2 Å². The molecule has 148 valence electrons. The molecular weight excluding hydrogens is 368 g/mol. The summed E-state index contributed by atoms with van der Waals surface area (Å²) in [5, 5.41) is 9.24. The molecule has 2 fully saturated rings. The molecule has 2 aliphatic rings. The van der Waals surface area contributed by atoms with Gasteiger partial charge in [-0.3, -0.25) is 4.79 Å². The summed E-state index contributed by atoms with van der Waals surface area (Å²) in [5.74, 6) is -1.38. The van der Waals surface area contributed by atoms with Gasteiger partial charge in [0.1, 0.15) is 6.04 Å². The second-order valence-corrected chi connectivity index (χ2v) is 9.33. The molecule has 1 saturated heterocycles. The fraction of sp³-hybridized carbons (Fsp3) is 0.579. The van der Waals surface area contributed by atoms with Crippen LogP contribution >= 0.6 is 0 Å². The van der Waals surface area contributed by atoms with Crippen molar-refractivity contribution < 1.29 is 23.1 Å². The van der Waals surface area contributed by atoms with Gasteiger partial charge in [0.2, 0.25) is 10.0 Å². The third-order valence-corrected chi connectivity index (χ3v) is 7.59. The van der Waals surface area contributed by atoms with E-state index in [-0.39, 0.29) is 16.8 Å². The smallest absolute Gasteiger partial charge is 0.326 e. The van der Waals surface area contributed by atoms with Crippen LogP contribution in [0.1, 0.15) is 55.3 Å². The predicted octanol–water partition coefficient (Wildman–Crippen LogP) is 2.33. The zero-order chi connectivity index (χ0) is 19.6. The van der Waals surface area contributed by atoms with Crippen molar-refractivity contribution in [3.05, 3.63) is 29.8 Å². The van der Waals surface area contributed by atoms with Crippen LogP contribution in [0.15, 0.2) is 29.2 Å². The molecule has 1 aromatic carbocycles. The number of hydrogen-bond donors (Lipinski definition) is 1. The number of likely N-dealkylation sites (tertiary alicyclic amines) is 1. The Labute approximate surface area is 160 Å². The van der Waals surface area contributed by atoms with E-state index in [1.54, 1.807) is 7.05 Å². The van der Waals surface area contributed by atoms with Crippen LogP contribution in [0, 0.1) is 0 Å². The van der Waals surface area contributed by atoms with Crippen molar-refractivity contribution >= 4 is 21.9 Å². The minimum Gasteiger partial charge on any atom is -0.480 e. The molecule has 1 N–H and O–H groups in total. The van der Waals surface area contributed by atoms with Crippen LogP contribution in [-0.2, 0) is 14.8 Å². The van der Waals surface area contributed by atoms with Gasteiger partial charge in [0, 0.05) is 25.2 Å². The first-order chi connectivity index (χ1) is 12.8. The summed E-state index contributed by atoms with van der Waals surface area (Å²) in [6, 6.07) is 5.04. The summed E-state index contributed by atoms with van der Waals surface area (Å²) >= 11 is 0. The zero-order valence-corrected chi connectivity index (χ0v) is 16.3. The molecule has 1 aromatic rings. The lowest BCUT2D eigenvalue weighted by molar-refractivity contribution is -0.141.